The average molecular weight is 423 g/mol. The first-order valence-corrected chi connectivity index (χ1v) is 10.9. The van der Waals surface area contributed by atoms with Crippen LogP contribution in [0.2, 0.25) is 0 Å². The minimum atomic E-state index is -0.518. The number of carbonyl (C=O) groups is 1. The lowest BCUT2D eigenvalue weighted by Gasteiger charge is -2.25. The normalized spacial score (nSPS) is 13.9. The maximum atomic E-state index is 12.5. The highest BCUT2D eigenvalue weighted by atomic mass is 32.1. The molecular weight excluding hydrogens is 396 g/mol. The fraction of sp³-hybridized carbons (Fsp3) is 0.348. The van der Waals surface area contributed by atoms with Crippen molar-refractivity contribution >= 4 is 23.3 Å². The number of amides is 1. The van der Waals surface area contributed by atoms with Gasteiger partial charge >= 0.3 is 0 Å². The van der Waals surface area contributed by atoms with Crippen molar-refractivity contribution < 1.29 is 9.90 Å². The van der Waals surface area contributed by atoms with E-state index in [-0.39, 0.29) is 12.5 Å². The van der Waals surface area contributed by atoms with Gasteiger partial charge in [-0.05, 0) is 80.5 Å². The van der Waals surface area contributed by atoms with E-state index in [1.54, 1.807) is 6.20 Å². The molecule has 1 aromatic carbocycles. The van der Waals surface area contributed by atoms with Crippen LogP contribution in [0.4, 0.5) is 5.82 Å². The van der Waals surface area contributed by atoms with Gasteiger partial charge in [0.2, 0.25) is 0 Å². The zero-order valence-electron chi connectivity index (χ0n) is 17.4. The average Bonchev–Trinajstić information content (AvgIpc) is 3.37. The number of benzene rings is 1. The van der Waals surface area contributed by atoms with Crippen molar-refractivity contribution in [3.8, 4) is 22.4 Å². The molecule has 4 rings (SSSR count). The van der Waals surface area contributed by atoms with Gasteiger partial charge in [0.05, 0.1) is 17.8 Å². The molecule has 2 aromatic heterocycles. The molecule has 0 saturated heterocycles. The van der Waals surface area contributed by atoms with E-state index in [2.05, 4.69) is 20.0 Å². The lowest BCUT2D eigenvalue weighted by Crippen LogP contribution is -2.35. The molecule has 156 valence electrons. The van der Waals surface area contributed by atoms with Crippen molar-refractivity contribution in [2.24, 2.45) is 0 Å². The molecule has 1 fully saturated rings. The SMILES string of the molecule is Cc1ccc(C(=O)NC2CC2)cc1-c1cnc(NC(C)(C)CO)c(-c2ccsn2)c1. The molecule has 0 bridgehead atoms. The van der Waals surface area contributed by atoms with Crippen LogP contribution in [0, 0.1) is 6.92 Å². The van der Waals surface area contributed by atoms with E-state index < -0.39 is 5.54 Å². The van der Waals surface area contributed by atoms with Crippen LogP contribution >= 0.6 is 11.5 Å². The topological polar surface area (TPSA) is 87.1 Å². The second kappa shape index (κ2) is 8.16. The molecule has 0 unspecified atom stereocenters. The molecule has 0 aliphatic heterocycles. The third kappa shape index (κ3) is 4.52. The molecule has 7 heteroatoms. The van der Waals surface area contributed by atoms with Crippen molar-refractivity contribution in [2.75, 3.05) is 11.9 Å². The van der Waals surface area contributed by atoms with Gasteiger partial charge in [0.1, 0.15) is 5.82 Å². The Morgan fingerprint density at radius 2 is 2.03 bits per heavy atom. The maximum Gasteiger partial charge on any atom is 0.251 e. The molecule has 1 saturated carbocycles. The number of aryl methyl sites for hydroxylation is 1. The Morgan fingerprint density at radius 1 is 1.23 bits per heavy atom. The summed E-state index contributed by atoms with van der Waals surface area (Å²) in [5, 5.41) is 17.9. The van der Waals surface area contributed by atoms with E-state index in [4.69, 9.17) is 0 Å². The van der Waals surface area contributed by atoms with E-state index >= 15 is 0 Å². The lowest BCUT2D eigenvalue weighted by molar-refractivity contribution is 0.0951. The van der Waals surface area contributed by atoms with Gasteiger partial charge in [-0.3, -0.25) is 4.79 Å². The molecule has 0 atom stereocenters. The number of rotatable bonds is 7. The summed E-state index contributed by atoms with van der Waals surface area (Å²) in [6.07, 6.45) is 3.92. The number of anilines is 1. The van der Waals surface area contributed by atoms with Gasteiger partial charge in [-0.2, -0.15) is 4.37 Å². The fourth-order valence-corrected chi connectivity index (χ4v) is 3.71. The molecule has 0 spiro atoms. The van der Waals surface area contributed by atoms with Crippen LogP contribution in [0.15, 0.2) is 41.9 Å². The molecule has 1 aliphatic rings. The smallest absolute Gasteiger partial charge is 0.251 e. The summed E-state index contributed by atoms with van der Waals surface area (Å²) in [7, 11) is 0. The number of nitrogens with zero attached hydrogens (tertiary/aromatic N) is 2. The molecule has 3 N–H and O–H groups in total. The second-order valence-corrected chi connectivity index (χ2v) is 9.11. The minimum Gasteiger partial charge on any atom is -0.394 e. The Hall–Kier alpha value is -2.77. The van der Waals surface area contributed by atoms with Crippen molar-refractivity contribution in [1.82, 2.24) is 14.7 Å². The number of hydrogen-bond donors (Lipinski definition) is 3. The Labute approximate surface area is 180 Å². The predicted octanol–water partition coefficient (Wildman–Crippen LogP) is 4.26. The number of pyridine rings is 1. The van der Waals surface area contributed by atoms with Crippen LogP contribution in [0.25, 0.3) is 22.4 Å². The molecule has 30 heavy (non-hydrogen) atoms. The summed E-state index contributed by atoms with van der Waals surface area (Å²) in [4.78, 5) is 17.2. The van der Waals surface area contributed by atoms with E-state index in [0.29, 0.717) is 17.4 Å². The van der Waals surface area contributed by atoms with Crippen molar-refractivity contribution in [3.63, 3.8) is 0 Å². The second-order valence-electron chi connectivity index (χ2n) is 8.45. The number of carbonyl (C=O) groups excluding carboxylic acids is 1. The zero-order valence-corrected chi connectivity index (χ0v) is 18.2. The number of hydrogen-bond acceptors (Lipinski definition) is 6. The monoisotopic (exact) mass is 422 g/mol. The molecule has 0 radical (unpaired) electrons. The summed E-state index contributed by atoms with van der Waals surface area (Å²) in [6.45, 7) is 5.84. The van der Waals surface area contributed by atoms with Gasteiger partial charge in [-0.25, -0.2) is 4.98 Å². The van der Waals surface area contributed by atoms with Crippen LogP contribution in [0.1, 0.15) is 42.6 Å². The van der Waals surface area contributed by atoms with Crippen LogP contribution in [-0.4, -0.2) is 38.6 Å². The minimum absolute atomic E-state index is 0.0236. The summed E-state index contributed by atoms with van der Waals surface area (Å²) in [5.41, 5.74) is 4.78. The third-order valence-electron chi connectivity index (χ3n) is 5.18. The van der Waals surface area contributed by atoms with Gasteiger partial charge in [-0.15, -0.1) is 0 Å². The van der Waals surface area contributed by atoms with Crippen LogP contribution in [0.5, 0.6) is 0 Å². The molecular formula is C23H26N4O2S. The first kappa shape index (κ1) is 20.5. The van der Waals surface area contributed by atoms with Crippen LogP contribution < -0.4 is 10.6 Å². The number of aromatic nitrogens is 2. The highest BCUT2D eigenvalue weighted by Crippen LogP contribution is 2.33. The first-order chi connectivity index (χ1) is 14.4. The molecule has 6 nitrogen and oxygen atoms in total. The highest BCUT2D eigenvalue weighted by molar-refractivity contribution is 7.03. The molecule has 2 heterocycles. The van der Waals surface area contributed by atoms with Crippen LogP contribution in [-0.2, 0) is 0 Å². The van der Waals surface area contributed by atoms with E-state index in [9.17, 15) is 9.90 Å². The summed E-state index contributed by atoms with van der Waals surface area (Å²) in [6, 6.07) is 10.1. The zero-order chi connectivity index (χ0) is 21.3. The van der Waals surface area contributed by atoms with E-state index in [1.165, 1.54) is 11.5 Å². The summed E-state index contributed by atoms with van der Waals surface area (Å²) >= 11 is 1.38. The largest absolute Gasteiger partial charge is 0.394 e. The van der Waals surface area contributed by atoms with E-state index in [0.717, 1.165) is 40.8 Å². The fourth-order valence-electron chi connectivity index (χ4n) is 3.19. The van der Waals surface area contributed by atoms with Crippen LogP contribution in [0.3, 0.4) is 0 Å². The van der Waals surface area contributed by atoms with Gasteiger partial charge < -0.3 is 15.7 Å². The molecule has 3 aromatic rings. The summed E-state index contributed by atoms with van der Waals surface area (Å²) in [5.74, 6) is 0.637. The Kier molecular flexibility index (Phi) is 5.58. The van der Waals surface area contributed by atoms with Crippen molar-refractivity contribution in [1.29, 1.82) is 0 Å². The Morgan fingerprint density at radius 3 is 2.70 bits per heavy atom. The van der Waals surface area contributed by atoms with Crippen molar-refractivity contribution in [3.05, 3.63) is 53.0 Å². The predicted molar refractivity (Wildman–Crippen MR) is 121 cm³/mol. The van der Waals surface area contributed by atoms with Gasteiger partial charge in [0.25, 0.3) is 5.91 Å². The standard InChI is InChI=1S/C23H26N4O2S/c1-14-4-5-15(22(29)25-17-6-7-17)10-18(14)16-11-19(20-8-9-30-27-20)21(24-12-16)26-23(2,3)13-28/h4-5,8-12,17,28H,6-7,13H2,1-3H3,(H,24,26)(H,25,29). The molecule has 1 amide bonds. The van der Waals surface area contributed by atoms with Gasteiger partial charge in [-0.1, -0.05) is 6.07 Å². The lowest BCUT2D eigenvalue weighted by atomic mass is 9.97. The highest BCUT2D eigenvalue weighted by Gasteiger charge is 2.24. The number of aliphatic hydroxyl groups is 1. The number of aliphatic hydroxyl groups excluding tert-OH is 1. The van der Waals surface area contributed by atoms with Gasteiger partial charge in [0, 0.05) is 34.3 Å². The first-order valence-electron chi connectivity index (χ1n) is 10.1. The Balaban J connectivity index is 1.74. The summed E-state index contributed by atoms with van der Waals surface area (Å²) < 4.78 is 4.48. The van der Waals surface area contributed by atoms with Gasteiger partial charge in [0.15, 0.2) is 0 Å². The number of nitrogens with one attached hydrogen (secondary N) is 2. The maximum absolute atomic E-state index is 12.5. The quantitative estimate of drug-likeness (QED) is 0.530. The molecule has 1 aliphatic carbocycles. The van der Waals surface area contributed by atoms with Crippen molar-refractivity contribution in [2.45, 2.75) is 45.2 Å². The van der Waals surface area contributed by atoms with E-state index in [1.807, 2.05) is 56.5 Å². The third-order valence-corrected chi connectivity index (χ3v) is 5.74. The Bertz CT molecular complexity index is 1060.